The monoisotopic (exact) mass is 444 g/mol. The average Bonchev–Trinajstić information content (AvgIpc) is 3.15. The molecule has 0 aliphatic rings. The fourth-order valence-electron chi connectivity index (χ4n) is 2.31. The van der Waals surface area contributed by atoms with Crippen molar-refractivity contribution in [2.75, 3.05) is 5.32 Å². The van der Waals surface area contributed by atoms with Crippen molar-refractivity contribution in [3.05, 3.63) is 63.7 Å². The van der Waals surface area contributed by atoms with Crippen molar-refractivity contribution in [3.8, 4) is 10.6 Å². The third-order valence-electron chi connectivity index (χ3n) is 3.70. The molecule has 3 aromatic rings. The zero-order valence-electron chi connectivity index (χ0n) is 14.3. The Morgan fingerprint density at radius 1 is 1.10 bits per heavy atom. The lowest BCUT2D eigenvalue weighted by Crippen LogP contribution is -2.23. The summed E-state index contributed by atoms with van der Waals surface area (Å²) < 4.78 is 61.0. The Labute approximate surface area is 166 Å². The second kappa shape index (κ2) is 7.75. The molecule has 0 amide bonds. The smallest absolute Gasteiger partial charge is 0.373 e. The first-order valence-electron chi connectivity index (χ1n) is 7.81. The van der Waals surface area contributed by atoms with Crippen molar-refractivity contribution in [2.45, 2.75) is 16.9 Å². The maximum Gasteiger partial charge on any atom is 0.501 e. The Morgan fingerprint density at radius 2 is 1.79 bits per heavy atom. The first kappa shape index (κ1) is 20.7. The Kier molecular flexibility index (Phi) is 5.53. The van der Waals surface area contributed by atoms with Crippen LogP contribution in [0, 0.1) is 10.1 Å². The lowest BCUT2D eigenvalue weighted by molar-refractivity contribution is -0.384. The van der Waals surface area contributed by atoms with Crippen LogP contribution in [0.3, 0.4) is 0 Å². The van der Waals surface area contributed by atoms with Crippen molar-refractivity contribution < 1.29 is 26.5 Å². The summed E-state index contributed by atoms with van der Waals surface area (Å²) in [5, 5.41) is 23.0. The number of nitro groups is 1. The summed E-state index contributed by atoms with van der Waals surface area (Å²) in [7, 11) is -5.70. The molecular formula is C16H11F3N4O4S2. The molecule has 0 unspecified atom stereocenters. The second-order valence-corrected chi connectivity index (χ2v) is 8.61. The number of hydrogen-bond donors (Lipinski definition) is 1. The van der Waals surface area contributed by atoms with Gasteiger partial charge in [-0.2, -0.15) is 13.2 Å². The number of sulfone groups is 1. The number of rotatable bonds is 6. The highest BCUT2D eigenvalue weighted by Crippen LogP contribution is 2.35. The van der Waals surface area contributed by atoms with Crippen molar-refractivity contribution in [2.24, 2.45) is 0 Å². The molecule has 0 radical (unpaired) electrons. The molecule has 3 rings (SSSR count). The molecule has 1 heterocycles. The first-order chi connectivity index (χ1) is 13.6. The molecule has 0 bridgehead atoms. The van der Waals surface area contributed by atoms with Crippen molar-refractivity contribution in [1.29, 1.82) is 0 Å². The van der Waals surface area contributed by atoms with E-state index in [4.69, 9.17) is 0 Å². The number of alkyl halides is 3. The molecular weight excluding hydrogens is 433 g/mol. The summed E-state index contributed by atoms with van der Waals surface area (Å²) in [4.78, 5) is 9.05. The van der Waals surface area contributed by atoms with Gasteiger partial charge in [0.1, 0.15) is 15.7 Å². The highest BCUT2D eigenvalue weighted by molar-refractivity contribution is 7.92. The molecule has 2 aromatic carbocycles. The number of halogens is 3. The maximum absolute atomic E-state index is 12.7. The van der Waals surface area contributed by atoms with E-state index in [1.165, 1.54) is 11.3 Å². The summed E-state index contributed by atoms with van der Waals surface area (Å²) in [6.45, 7) is 0.0106. The highest BCUT2D eigenvalue weighted by atomic mass is 32.2. The van der Waals surface area contributed by atoms with Crippen LogP contribution in [-0.4, -0.2) is 29.0 Å². The third-order valence-corrected chi connectivity index (χ3v) is 6.15. The van der Waals surface area contributed by atoms with Crippen molar-refractivity contribution in [1.82, 2.24) is 10.2 Å². The number of benzene rings is 2. The van der Waals surface area contributed by atoms with E-state index in [9.17, 15) is 31.7 Å². The van der Waals surface area contributed by atoms with E-state index in [2.05, 4.69) is 15.5 Å². The van der Waals surface area contributed by atoms with Crippen LogP contribution in [-0.2, 0) is 16.4 Å². The van der Waals surface area contributed by atoms with E-state index in [-0.39, 0.29) is 12.2 Å². The van der Waals surface area contributed by atoms with Crippen LogP contribution >= 0.6 is 11.3 Å². The summed E-state index contributed by atoms with van der Waals surface area (Å²) in [5.41, 5.74) is -5.67. The molecule has 0 aliphatic heterocycles. The van der Waals surface area contributed by atoms with Gasteiger partial charge in [0.15, 0.2) is 0 Å². The molecule has 0 saturated carbocycles. The van der Waals surface area contributed by atoms with Crippen LogP contribution in [0.1, 0.15) is 5.01 Å². The van der Waals surface area contributed by atoms with E-state index < -0.39 is 30.9 Å². The Hall–Kier alpha value is -3.06. The summed E-state index contributed by atoms with van der Waals surface area (Å²) >= 11 is 1.23. The van der Waals surface area contributed by atoms with Gasteiger partial charge in [0.2, 0.25) is 0 Å². The van der Waals surface area contributed by atoms with Gasteiger partial charge in [0, 0.05) is 11.6 Å². The molecule has 0 saturated heterocycles. The normalized spacial score (nSPS) is 12.0. The topological polar surface area (TPSA) is 115 Å². The van der Waals surface area contributed by atoms with E-state index in [0.717, 1.165) is 11.6 Å². The van der Waals surface area contributed by atoms with E-state index in [0.29, 0.717) is 22.1 Å². The Balaban J connectivity index is 1.83. The lowest BCUT2D eigenvalue weighted by Gasteiger charge is -2.10. The lowest BCUT2D eigenvalue weighted by atomic mass is 10.2. The molecule has 8 nitrogen and oxygen atoms in total. The molecule has 1 N–H and O–H groups in total. The van der Waals surface area contributed by atoms with Crippen molar-refractivity contribution >= 4 is 32.5 Å². The number of nitro benzene ring substituents is 1. The summed E-state index contributed by atoms with van der Waals surface area (Å²) in [6, 6.07) is 11.1. The molecule has 1 aromatic heterocycles. The van der Waals surface area contributed by atoms with Gasteiger partial charge in [-0.1, -0.05) is 41.7 Å². The maximum atomic E-state index is 12.7. The standard InChI is InChI=1S/C16H11F3N4O4S2/c17-16(18,19)29(26,27)11-6-7-12(13(8-11)23(24)25)20-9-14-21-22-15(28-14)10-4-2-1-3-5-10/h1-8,20H,9H2. The minimum absolute atomic E-state index is 0.0106. The van der Waals surface area contributed by atoms with E-state index >= 15 is 0 Å². The van der Waals surface area contributed by atoms with Gasteiger partial charge in [-0.3, -0.25) is 10.1 Å². The number of hydrogen-bond acceptors (Lipinski definition) is 8. The van der Waals surface area contributed by atoms with Gasteiger partial charge in [-0.05, 0) is 12.1 Å². The van der Waals surface area contributed by atoms with Gasteiger partial charge < -0.3 is 5.32 Å². The van der Waals surface area contributed by atoms with Crippen LogP contribution in [0.2, 0.25) is 0 Å². The minimum Gasteiger partial charge on any atom is -0.373 e. The second-order valence-electron chi connectivity index (χ2n) is 5.61. The number of anilines is 1. The van der Waals surface area contributed by atoms with E-state index in [1.807, 2.05) is 30.3 Å². The van der Waals surface area contributed by atoms with Crippen molar-refractivity contribution in [3.63, 3.8) is 0 Å². The molecule has 0 atom stereocenters. The number of nitrogens with zero attached hydrogens (tertiary/aromatic N) is 3. The fraction of sp³-hybridized carbons (Fsp3) is 0.125. The molecule has 152 valence electrons. The zero-order valence-corrected chi connectivity index (χ0v) is 15.9. The van der Waals surface area contributed by atoms with E-state index in [1.54, 1.807) is 0 Å². The highest BCUT2D eigenvalue weighted by Gasteiger charge is 2.47. The molecule has 0 fully saturated rings. The van der Waals surface area contributed by atoms with Crippen LogP contribution in [0.4, 0.5) is 24.5 Å². The molecule has 0 spiro atoms. The third kappa shape index (κ3) is 4.35. The Bertz CT molecular complexity index is 1150. The predicted molar refractivity (Wildman–Crippen MR) is 99.0 cm³/mol. The SMILES string of the molecule is O=[N+]([O-])c1cc(S(=O)(=O)C(F)(F)F)ccc1NCc1nnc(-c2ccccc2)s1. The van der Waals surface area contributed by atoms with Crippen LogP contribution in [0.25, 0.3) is 10.6 Å². The largest absolute Gasteiger partial charge is 0.501 e. The van der Waals surface area contributed by atoms with Gasteiger partial charge in [-0.15, -0.1) is 10.2 Å². The number of aromatic nitrogens is 2. The van der Waals surface area contributed by atoms with Gasteiger partial charge >= 0.3 is 5.51 Å². The van der Waals surface area contributed by atoms with Crippen LogP contribution in [0.5, 0.6) is 0 Å². The van der Waals surface area contributed by atoms with Gasteiger partial charge in [0.25, 0.3) is 15.5 Å². The van der Waals surface area contributed by atoms with Gasteiger partial charge in [0.05, 0.1) is 16.4 Å². The Morgan fingerprint density at radius 3 is 2.41 bits per heavy atom. The fourth-order valence-corrected chi connectivity index (χ4v) is 3.87. The average molecular weight is 444 g/mol. The minimum atomic E-state index is -5.70. The molecule has 29 heavy (non-hydrogen) atoms. The van der Waals surface area contributed by atoms with Gasteiger partial charge in [-0.25, -0.2) is 8.42 Å². The molecule has 0 aliphatic carbocycles. The summed E-state index contributed by atoms with van der Waals surface area (Å²) in [5.74, 6) is 0. The summed E-state index contributed by atoms with van der Waals surface area (Å²) in [6.07, 6.45) is 0. The van der Waals surface area contributed by atoms with Crippen LogP contribution < -0.4 is 5.32 Å². The first-order valence-corrected chi connectivity index (χ1v) is 10.1. The number of nitrogens with one attached hydrogen (secondary N) is 1. The van der Waals surface area contributed by atoms with Crippen LogP contribution in [0.15, 0.2) is 53.4 Å². The zero-order chi connectivity index (χ0) is 21.2. The molecule has 13 heteroatoms. The quantitative estimate of drug-likeness (QED) is 0.451. The predicted octanol–water partition coefficient (Wildman–Crippen LogP) is 4.02.